The normalized spacial score (nSPS) is 18.9. The maximum Gasteiger partial charge on any atom is 0.325 e. The van der Waals surface area contributed by atoms with Gasteiger partial charge in [0.05, 0.1) is 5.02 Å². The van der Waals surface area contributed by atoms with Gasteiger partial charge in [-0.2, -0.15) is 0 Å². The summed E-state index contributed by atoms with van der Waals surface area (Å²) in [5.74, 6) is -0.297. The van der Waals surface area contributed by atoms with Gasteiger partial charge in [-0.15, -0.1) is 0 Å². The second kappa shape index (κ2) is 6.93. The fourth-order valence-corrected chi connectivity index (χ4v) is 3.73. The van der Waals surface area contributed by atoms with E-state index in [4.69, 9.17) is 16.0 Å². The molecular formula is C21H18ClN3O4. The van der Waals surface area contributed by atoms with Crippen LogP contribution in [0.5, 0.6) is 0 Å². The molecule has 1 fully saturated rings. The molecule has 2 heterocycles. The third-order valence-electron chi connectivity index (χ3n) is 4.91. The molecule has 7 nitrogen and oxygen atoms in total. The van der Waals surface area contributed by atoms with Crippen molar-refractivity contribution in [3.05, 3.63) is 64.9 Å². The van der Waals surface area contributed by atoms with E-state index in [2.05, 4.69) is 10.6 Å². The Balaban J connectivity index is 1.51. The number of nitrogens with one attached hydrogen (secondary N) is 2. The molecule has 0 radical (unpaired) electrons. The van der Waals surface area contributed by atoms with Crippen molar-refractivity contribution in [1.29, 1.82) is 0 Å². The number of carbonyl (C=O) groups excluding carboxylic acids is 3. The van der Waals surface area contributed by atoms with Crippen molar-refractivity contribution in [2.45, 2.75) is 19.4 Å². The van der Waals surface area contributed by atoms with Crippen LogP contribution in [0.4, 0.5) is 10.5 Å². The van der Waals surface area contributed by atoms with Gasteiger partial charge in [0.15, 0.2) is 5.58 Å². The molecule has 0 unspecified atom stereocenters. The first-order valence-electron chi connectivity index (χ1n) is 8.97. The van der Waals surface area contributed by atoms with Crippen molar-refractivity contribution in [2.75, 3.05) is 11.9 Å². The molecule has 0 spiro atoms. The number of anilines is 1. The smallest absolute Gasteiger partial charge is 0.325 e. The molecule has 0 bridgehead atoms. The average molecular weight is 412 g/mol. The quantitative estimate of drug-likeness (QED) is 0.639. The monoisotopic (exact) mass is 411 g/mol. The van der Waals surface area contributed by atoms with Crippen LogP contribution in [0.2, 0.25) is 5.02 Å². The number of benzene rings is 2. The minimum absolute atomic E-state index is 0.359. The van der Waals surface area contributed by atoms with Crippen molar-refractivity contribution in [3.8, 4) is 0 Å². The van der Waals surface area contributed by atoms with Crippen LogP contribution in [-0.4, -0.2) is 29.3 Å². The summed E-state index contributed by atoms with van der Waals surface area (Å²) < 4.78 is 5.51. The van der Waals surface area contributed by atoms with Gasteiger partial charge in [-0.3, -0.25) is 14.5 Å². The van der Waals surface area contributed by atoms with E-state index < -0.39 is 29.9 Å². The molecule has 1 aromatic heterocycles. The molecule has 29 heavy (non-hydrogen) atoms. The van der Waals surface area contributed by atoms with Gasteiger partial charge in [-0.1, -0.05) is 41.9 Å². The number of urea groups is 1. The highest BCUT2D eigenvalue weighted by atomic mass is 35.5. The Bertz CT molecular complexity index is 1140. The summed E-state index contributed by atoms with van der Waals surface area (Å²) >= 11 is 6.21. The summed E-state index contributed by atoms with van der Waals surface area (Å²) in [4.78, 5) is 38.7. The van der Waals surface area contributed by atoms with Gasteiger partial charge in [0.2, 0.25) is 5.91 Å². The number of carbonyl (C=O) groups is 3. The lowest BCUT2D eigenvalue weighted by atomic mass is 9.92. The van der Waals surface area contributed by atoms with E-state index in [0.717, 1.165) is 10.3 Å². The predicted octanol–water partition coefficient (Wildman–Crippen LogP) is 3.80. The first-order valence-corrected chi connectivity index (χ1v) is 9.35. The average Bonchev–Trinajstić information content (AvgIpc) is 3.15. The largest absolute Gasteiger partial charge is 0.460 e. The Morgan fingerprint density at radius 3 is 2.66 bits per heavy atom. The lowest BCUT2D eigenvalue weighted by Gasteiger charge is -2.22. The lowest BCUT2D eigenvalue weighted by Crippen LogP contribution is -2.42. The second-order valence-corrected chi connectivity index (χ2v) is 7.50. The van der Waals surface area contributed by atoms with Gasteiger partial charge in [0.1, 0.15) is 17.8 Å². The first kappa shape index (κ1) is 19.0. The van der Waals surface area contributed by atoms with E-state index in [0.29, 0.717) is 27.6 Å². The summed E-state index contributed by atoms with van der Waals surface area (Å²) in [5, 5.41) is 6.46. The fourth-order valence-electron chi connectivity index (χ4n) is 3.46. The molecule has 3 aromatic rings. The molecule has 4 amide bonds. The predicted molar refractivity (Wildman–Crippen MR) is 109 cm³/mol. The highest BCUT2D eigenvalue weighted by molar-refractivity contribution is 6.35. The van der Waals surface area contributed by atoms with Crippen LogP contribution >= 0.6 is 11.6 Å². The van der Waals surface area contributed by atoms with Crippen LogP contribution in [0.25, 0.3) is 11.0 Å². The summed E-state index contributed by atoms with van der Waals surface area (Å²) in [6, 6.07) is 13.4. The number of imide groups is 1. The summed E-state index contributed by atoms with van der Waals surface area (Å²) in [7, 11) is 0. The molecule has 1 aliphatic heterocycles. The van der Waals surface area contributed by atoms with Gasteiger partial charge in [-0.05, 0) is 37.6 Å². The van der Waals surface area contributed by atoms with Crippen molar-refractivity contribution >= 4 is 46.1 Å². The Morgan fingerprint density at radius 1 is 1.21 bits per heavy atom. The molecule has 8 heteroatoms. The first-order chi connectivity index (χ1) is 13.8. The van der Waals surface area contributed by atoms with Crippen LogP contribution in [0.15, 0.2) is 52.9 Å². The minimum Gasteiger partial charge on any atom is -0.460 e. The number of rotatable bonds is 4. The highest BCUT2D eigenvalue weighted by Crippen LogP contribution is 2.31. The number of hydrogen-bond donors (Lipinski definition) is 2. The van der Waals surface area contributed by atoms with Crippen LogP contribution in [0.1, 0.15) is 18.2 Å². The highest BCUT2D eigenvalue weighted by Gasteiger charge is 2.49. The van der Waals surface area contributed by atoms with Crippen LogP contribution in [-0.2, 0) is 15.1 Å². The maximum atomic E-state index is 12.9. The molecule has 0 saturated carbocycles. The van der Waals surface area contributed by atoms with Crippen molar-refractivity contribution < 1.29 is 18.8 Å². The van der Waals surface area contributed by atoms with E-state index in [1.807, 2.05) is 6.07 Å². The SMILES string of the molecule is Cc1cc2cc(NC(=O)CN3C(=O)N[C@](C)(c4ccccc4)C3=O)cc(Cl)c2o1. The zero-order valence-electron chi connectivity index (χ0n) is 15.8. The van der Waals surface area contributed by atoms with Crippen LogP contribution < -0.4 is 10.6 Å². The minimum atomic E-state index is -1.21. The van der Waals surface area contributed by atoms with Gasteiger partial charge in [0, 0.05) is 11.1 Å². The van der Waals surface area contributed by atoms with E-state index >= 15 is 0 Å². The number of furan rings is 1. The van der Waals surface area contributed by atoms with E-state index in [1.54, 1.807) is 56.3 Å². The van der Waals surface area contributed by atoms with E-state index in [-0.39, 0.29) is 0 Å². The lowest BCUT2D eigenvalue weighted by molar-refractivity contribution is -0.133. The number of fused-ring (bicyclic) bond motifs is 1. The van der Waals surface area contributed by atoms with E-state index in [1.165, 1.54) is 0 Å². The van der Waals surface area contributed by atoms with Crippen LogP contribution in [0.3, 0.4) is 0 Å². The molecule has 2 aromatic carbocycles. The molecule has 148 valence electrons. The summed E-state index contributed by atoms with van der Waals surface area (Å²) in [6.07, 6.45) is 0. The van der Waals surface area contributed by atoms with Gasteiger partial charge in [-0.25, -0.2) is 4.79 Å². The molecule has 4 rings (SSSR count). The Hall–Kier alpha value is -3.32. The third kappa shape index (κ3) is 3.34. The van der Waals surface area contributed by atoms with Gasteiger partial charge < -0.3 is 15.1 Å². The number of halogens is 1. The number of aryl methyl sites for hydroxylation is 1. The molecule has 0 aliphatic carbocycles. The number of nitrogens with zero attached hydrogens (tertiary/aromatic N) is 1. The fraction of sp³-hybridized carbons (Fsp3) is 0.190. The van der Waals surface area contributed by atoms with E-state index in [9.17, 15) is 14.4 Å². The Kier molecular flexibility index (Phi) is 4.55. The van der Waals surface area contributed by atoms with Crippen LogP contribution in [0, 0.1) is 6.92 Å². The molecular weight excluding hydrogens is 394 g/mol. The summed E-state index contributed by atoms with van der Waals surface area (Å²) in [5.41, 5.74) is 0.421. The Morgan fingerprint density at radius 2 is 1.93 bits per heavy atom. The zero-order valence-corrected chi connectivity index (χ0v) is 16.5. The third-order valence-corrected chi connectivity index (χ3v) is 5.19. The van der Waals surface area contributed by atoms with Gasteiger partial charge >= 0.3 is 6.03 Å². The van der Waals surface area contributed by atoms with Crippen molar-refractivity contribution in [1.82, 2.24) is 10.2 Å². The summed E-state index contributed by atoms with van der Waals surface area (Å²) in [6.45, 7) is 3.01. The van der Waals surface area contributed by atoms with Crippen molar-refractivity contribution in [3.63, 3.8) is 0 Å². The Labute approximate surface area is 171 Å². The zero-order chi connectivity index (χ0) is 20.8. The second-order valence-electron chi connectivity index (χ2n) is 7.09. The standard InChI is InChI=1S/C21H18ClN3O4/c1-12-8-13-9-15(10-16(22)18(13)29-12)23-17(26)11-25-19(27)21(2,24-20(25)28)14-6-4-3-5-7-14/h3-10H,11H2,1-2H3,(H,23,26)(H,24,28)/t21-/m1/s1. The topological polar surface area (TPSA) is 91.7 Å². The van der Waals surface area contributed by atoms with Gasteiger partial charge in [0.25, 0.3) is 5.91 Å². The number of amides is 4. The molecule has 2 N–H and O–H groups in total. The number of hydrogen-bond acceptors (Lipinski definition) is 4. The molecule has 1 atom stereocenters. The molecule has 1 saturated heterocycles. The maximum absolute atomic E-state index is 12.9. The van der Waals surface area contributed by atoms with Crippen molar-refractivity contribution in [2.24, 2.45) is 0 Å². The molecule has 1 aliphatic rings.